The van der Waals surface area contributed by atoms with E-state index in [2.05, 4.69) is 26.4 Å². The molecule has 2 fully saturated rings. The molecule has 1 aliphatic heterocycles. The van der Waals surface area contributed by atoms with Crippen LogP contribution in [-0.4, -0.2) is 73.0 Å². The summed E-state index contributed by atoms with van der Waals surface area (Å²) in [5, 5.41) is 5.88. The van der Waals surface area contributed by atoms with Crippen molar-refractivity contribution in [3.05, 3.63) is 0 Å². The molecule has 2 N–H and O–H groups in total. The van der Waals surface area contributed by atoms with E-state index in [1.807, 2.05) is 6.92 Å². The molecule has 1 heterocycles. The topological polar surface area (TPSA) is 64.7 Å². The van der Waals surface area contributed by atoms with Gasteiger partial charge in [-0.1, -0.05) is 18.8 Å². The van der Waals surface area contributed by atoms with E-state index < -0.39 is 0 Å². The van der Waals surface area contributed by atoms with Gasteiger partial charge in [0.25, 0.3) is 0 Å². The number of nitrogens with zero attached hydrogens (tertiary/aromatic N) is 2. The maximum Gasteiger partial charge on any atom is 0.237 e. The molecule has 0 unspecified atom stereocenters. The fourth-order valence-electron chi connectivity index (χ4n) is 3.50. The second-order valence-electron chi connectivity index (χ2n) is 6.81. The first-order valence-electron chi connectivity index (χ1n) is 9.07. The van der Waals surface area contributed by atoms with E-state index in [-0.39, 0.29) is 24.4 Å². The molecule has 0 aromatic carbocycles. The van der Waals surface area contributed by atoms with Gasteiger partial charge in [0, 0.05) is 25.7 Å². The minimum atomic E-state index is -0.110. The highest BCUT2D eigenvalue weighted by atomic mass is 16.2. The number of terminal acetylenes is 1. The maximum absolute atomic E-state index is 12.4. The van der Waals surface area contributed by atoms with Gasteiger partial charge in [-0.3, -0.25) is 19.4 Å². The summed E-state index contributed by atoms with van der Waals surface area (Å²) in [6.45, 7) is 6.00. The van der Waals surface area contributed by atoms with Crippen LogP contribution in [0.25, 0.3) is 0 Å². The van der Waals surface area contributed by atoms with Crippen LogP contribution in [0.2, 0.25) is 0 Å². The number of amides is 2. The minimum Gasteiger partial charge on any atom is -0.352 e. The van der Waals surface area contributed by atoms with Crippen LogP contribution in [0, 0.1) is 12.3 Å². The molecule has 6 heteroatoms. The normalized spacial score (nSPS) is 21.7. The molecule has 24 heavy (non-hydrogen) atoms. The molecule has 0 radical (unpaired) electrons. The predicted octanol–water partition coefficient (Wildman–Crippen LogP) is 0.191. The summed E-state index contributed by atoms with van der Waals surface area (Å²) in [5.74, 6) is 2.52. The molecule has 134 valence electrons. The van der Waals surface area contributed by atoms with Crippen molar-refractivity contribution in [2.45, 2.75) is 51.1 Å². The van der Waals surface area contributed by atoms with Crippen molar-refractivity contribution in [3.63, 3.8) is 0 Å². The summed E-state index contributed by atoms with van der Waals surface area (Å²) in [6.07, 6.45) is 10.8. The predicted molar refractivity (Wildman–Crippen MR) is 94.3 cm³/mol. The molecule has 2 aliphatic rings. The van der Waals surface area contributed by atoms with Gasteiger partial charge in [0.1, 0.15) is 0 Å². The Labute approximate surface area is 145 Å². The average Bonchev–Trinajstić information content (AvgIpc) is 2.97. The van der Waals surface area contributed by atoms with E-state index in [4.69, 9.17) is 6.42 Å². The highest BCUT2D eigenvalue weighted by molar-refractivity contribution is 5.81. The first-order valence-corrected chi connectivity index (χ1v) is 9.07. The summed E-state index contributed by atoms with van der Waals surface area (Å²) in [6, 6.07) is 0.254. The van der Waals surface area contributed by atoms with E-state index in [1.165, 1.54) is 12.8 Å². The molecule has 0 aromatic heterocycles. The van der Waals surface area contributed by atoms with Gasteiger partial charge in [-0.2, -0.15) is 0 Å². The molecule has 0 aromatic rings. The summed E-state index contributed by atoms with van der Waals surface area (Å²) >= 11 is 0. The standard InChI is InChI=1S/C18H30N4O2/c1-3-9-19-17(23)14-21-10-6-11-22(13-12-21)15(2)18(24)20-16-7-4-5-8-16/h1,15-16H,4-14H2,2H3,(H,19,23)(H,20,24)/t15-/m0/s1. The van der Waals surface area contributed by atoms with Crippen LogP contribution >= 0.6 is 0 Å². The summed E-state index contributed by atoms with van der Waals surface area (Å²) in [5.41, 5.74) is 0. The quantitative estimate of drug-likeness (QED) is 0.681. The Balaban J connectivity index is 1.75. The first kappa shape index (κ1) is 18.8. The Morgan fingerprint density at radius 1 is 1.17 bits per heavy atom. The minimum absolute atomic E-state index is 0.0339. The van der Waals surface area contributed by atoms with Crippen LogP contribution in [0.1, 0.15) is 39.0 Å². The van der Waals surface area contributed by atoms with Crippen LogP contribution in [0.15, 0.2) is 0 Å². The van der Waals surface area contributed by atoms with Gasteiger partial charge in [-0.15, -0.1) is 6.42 Å². The molecule has 2 amide bonds. The van der Waals surface area contributed by atoms with Crippen LogP contribution < -0.4 is 10.6 Å². The van der Waals surface area contributed by atoms with Crippen molar-refractivity contribution in [3.8, 4) is 12.3 Å². The van der Waals surface area contributed by atoms with Gasteiger partial charge in [0.15, 0.2) is 0 Å². The lowest BCUT2D eigenvalue weighted by atomic mass is 10.2. The number of hydrogen-bond donors (Lipinski definition) is 2. The third-order valence-electron chi connectivity index (χ3n) is 5.01. The third-order valence-corrected chi connectivity index (χ3v) is 5.01. The van der Waals surface area contributed by atoms with Crippen LogP contribution in [0.4, 0.5) is 0 Å². The molecule has 0 spiro atoms. The van der Waals surface area contributed by atoms with Gasteiger partial charge in [-0.25, -0.2) is 0 Å². The average molecular weight is 334 g/mol. The summed E-state index contributed by atoms with van der Waals surface area (Å²) in [7, 11) is 0. The zero-order valence-corrected chi connectivity index (χ0v) is 14.7. The van der Waals surface area contributed by atoms with E-state index in [0.717, 1.165) is 45.4 Å². The van der Waals surface area contributed by atoms with Crippen molar-refractivity contribution in [2.75, 3.05) is 39.3 Å². The molecule has 1 saturated carbocycles. The maximum atomic E-state index is 12.4. The Morgan fingerprint density at radius 2 is 1.92 bits per heavy atom. The Kier molecular flexibility index (Phi) is 7.54. The molecule has 1 atom stereocenters. The van der Waals surface area contributed by atoms with Crippen molar-refractivity contribution in [1.29, 1.82) is 0 Å². The first-order chi connectivity index (χ1) is 11.6. The monoisotopic (exact) mass is 334 g/mol. The largest absolute Gasteiger partial charge is 0.352 e. The van der Waals surface area contributed by atoms with Crippen LogP contribution in [-0.2, 0) is 9.59 Å². The number of nitrogens with one attached hydrogen (secondary N) is 2. The van der Waals surface area contributed by atoms with Crippen molar-refractivity contribution in [2.24, 2.45) is 0 Å². The van der Waals surface area contributed by atoms with E-state index in [1.54, 1.807) is 0 Å². The number of carbonyl (C=O) groups excluding carboxylic acids is 2. The lowest BCUT2D eigenvalue weighted by molar-refractivity contribution is -0.126. The zero-order valence-electron chi connectivity index (χ0n) is 14.7. The lowest BCUT2D eigenvalue weighted by Crippen LogP contribution is -2.49. The second-order valence-corrected chi connectivity index (χ2v) is 6.81. The van der Waals surface area contributed by atoms with E-state index in [9.17, 15) is 9.59 Å². The van der Waals surface area contributed by atoms with Gasteiger partial charge in [-0.05, 0) is 32.7 Å². The van der Waals surface area contributed by atoms with Crippen molar-refractivity contribution in [1.82, 2.24) is 20.4 Å². The fourth-order valence-corrected chi connectivity index (χ4v) is 3.50. The molecule has 1 aliphatic carbocycles. The molecule has 1 saturated heterocycles. The van der Waals surface area contributed by atoms with Crippen molar-refractivity contribution < 1.29 is 9.59 Å². The van der Waals surface area contributed by atoms with Gasteiger partial charge < -0.3 is 10.6 Å². The SMILES string of the molecule is C#CCNC(=O)CN1CCCN([C@@H](C)C(=O)NC2CCCC2)CC1. The molecule has 0 bridgehead atoms. The molecule has 2 rings (SSSR count). The van der Waals surface area contributed by atoms with Gasteiger partial charge in [0.05, 0.1) is 19.1 Å². The third kappa shape index (κ3) is 5.81. The number of hydrogen-bond acceptors (Lipinski definition) is 4. The zero-order chi connectivity index (χ0) is 17.4. The van der Waals surface area contributed by atoms with Gasteiger partial charge >= 0.3 is 0 Å². The number of carbonyl (C=O) groups is 2. The Hall–Kier alpha value is -1.58. The highest BCUT2D eigenvalue weighted by Gasteiger charge is 2.26. The summed E-state index contributed by atoms with van der Waals surface area (Å²) < 4.78 is 0. The molecular formula is C18H30N4O2. The van der Waals surface area contributed by atoms with Gasteiger partial charge in [0.2, 0.25) is 11.8 Å². The second kappa shape index (κ2) is 9.65. The van der Waals surface area contributed by atoms with E-state index in [0.29, 0.717) is 12.6 Å². The Morgan fingerprint density at radius 3 is 2.62 bits per heavy atom. The van der Waals surface area contributed by atoms with Crippen LogP contribution in [0.3, 0.4) is 0 Å². The molecular weight excluding hydrogens is 304 g/mol. The molecule has 6 nitrogen and oxygen atoms in total. The fraction of sp³-hybridized carbons (Fsp3) is 0.778. The van der Waals surface area contributed by atoms with Crippen molar-refractivity contribution >= 4 is 11.8 Å². The number of rotatable bonds is 6. The lowest BCUT2D eigenvalue weighted by Gasteiger charge is -2.28. The van der Waals surface area contributed by atoms with E-state index >= 15 is 0 Å². The highest BCUT2D eigenvalue weighted by Crippen LogP contribution is 2.18. The summed E-state index contributed by atoms with van der Waals surface area (Å²) in [4.78, 5) is 28.6. The Bertz CT molecular complexity index is 468. The smallest absolute Gasteiger partial charge is 0.237 e. The van der Waals surface area contributed by atoms with Crippen LogP contribution in [0.5, 0.6) is 0 Å².